The Morgan fingerprint density at radius 1 is 1.28 bits per heavy atom. The molecule has 1 saturated heterocycles. The van der Waals surface area contributed by atoms with Crippen LogP contribution in [0.15, 0.2) is 24.4 Å². The Bertz CT molecular complexity index is 1020. The molecule has 10 nitrogen and oxygen atoms in total. The van der Waals surface area contributed by atoms with Crippen molar-refractivity contribution in [1.29, 1.82) is 0 Å². The molecule has 4 rings (SSSR count). The van der Waals surface area contributed by atoms with Crippen LogP contribution >= 0.6 is 22.9 Å². The summed E-state index contributed by atoms with van der Waals surface area (Å²) in [5.74, 6) is 0.153. The average Bonchev–Trinajstić information content (AvgIpc) is 3.37. The molecule has 1 fully saturated rings. The number of hydrogen-bond donors (Lipinski definition) is 1. The van der Waals surface area contributed by atoms with E-state index in [2.05, 4.69) is 30.2 Å². The maximum atomic E-state index is 10.7. The highest BCUT2D eigenvalue weighted by Gasteiger charge is 2.23. The summed E-state index contributed by atoms with van der Waals surface area (Å²) >= 11 is 7.61. The number of aliphatic carboxylic acids is 1. The number of piperazine rings is 1. The molecule has 0 atom stereocenters. The maximum Gasteiger partial charge on any atom is 0.327 e. The minimum absolute atomic E-state index is 0.326. The molecule has 0 aliphatic carbocycles. The minimum Gasteiger partial charge on any atom is -0.495 e. The Hall–Kier alpha value is -2.92. The molecule has 0 unspecified atom stereocenters. The van der Waals surface area contributed by atoms with E-state index in [1.165, 1.54) is 11.3 Å². The largest absolute Gasteiger partial charge is 0.495 e. The zero-order valence-electron chi connectivity index (χ0n) is 15.5. The van der Waals surface area contributed by atoms with Gasteiger partial charge in [-0.25, -0.2) is 4.98 Å². The average molecular weight is 436 g/mol. The first-order chi connectivity index (χ1) is 14.0. The lowest BCUT2D eigenvalue weighted by atomic mass is 10.2. The van der Waals surface area contributed by atoms with Crippen molar-refractivity contribution in [3.63, 3.8) is 0 Å². The number of methoxy groups -OCH3 is 1. The molecule has 3 aromatic rings. The lowest BCUT2D eigenvalue weighted by molar-refractivity contribution is -0.138. The van der Waals surface area contributed by atoms with Crippen molar-refractivity contribution in [1.82, 2.24) is 25.2 Å². The van der Waals surface area contributed by atoms with E-state index in [4.69, 9.17) is 21.4 Å². The van der Waals surface area contributed by atoms with Crippen molar-refractivity contribution >= 4 is 39.7 Å². The Morgan fingerprint density at radius 3 is 2.76 bits per heavy atom. The van der Waals surface area contributed by atoms with Gasteiger partial charge < -0.3 is 19.6 Å². The number of nitrogens with zero attached hydrogens (tertiary/aromatic N) is 7. The third-order valence-corrected chi connectivity index (χ3v) is 5.76. The van der Waals surface area contributed by atoms with Crippen molar-refractivity contribution < 1.29 is 14.6 Å². The standard InChI is InChI=1S/C17H18ClN7O3S/c1-28-13-3-2-11(18)8-12(13)23-4-6-24(7-5-23)17-19-9-14(29-17)16-20-22-25(21-16)10-15(26)27/h2-3,8-9H,4-7,10H2,1H3,(H,26,27). The van der Waals surface area contributed by atoms with E-state index in [1.54, 1.807) is 13.3 Å². The van der Waals surface area contributed by atoms with E-state index in [-0.39, 0.29) is 6.54 Å². The first-order valence-corrected chi connectivity index (χ1v) is 10.0. The van der Waals surface area contributed by atoms with E-state index in [1.807, 2.05) is 18.2 Å². The van der Waals surface area contributed by atoms with Gasteiger partial charge in [0.1, 0.15) is 5.75 Å². The lowest BCUT2D eigenvalue weighted by Crippen LogP contribution is -2.46. The smallest absolute Gasteiger partial charge is 0.327 e. The Morgan fingerprint density at radius 2 is 2.03 bits per heavy atom. The third-order valence-electron chi connectivity index (χ3n) is 4.48. The number of carbonyl (C=O) groups is 1. The number of benzene rings is 1. The van der Waals surface area contributed by atoms with Crippen LogP contribution in [0.2, 0.25) is 5.02 Å². The lowest BCUT2D eigenvalue weighted by Gasteiger charge is -2.36. The van der Waals surface area contributed by atoms with Crippen LogP contribution in [0.3, 0.4) is 0 Å². The highest BCUT2D eigenvalue weighted by Crippen LogP contribution is 2.33. The summed E-state index contributed by atoms with van der Waals surface area (Å²) in [7, 11) is 1.65. The Labute approximate surface area is 175 Å². The molecular weight excluding hydrogens is 418 g/mol. The molecule has 0 saturated carbocycles. The van der Waals surface area contributed by atoms with Crippen molar-refractivity contribution in [2.75, 3.05) is 43.1 Å². The van der Waals surface area contributed by atoms with Gasteiger partial charge in [0.2, 0.25) is 5.82 Å². The van der Waals surface area contributed by atoms with E-state index < -0.39 is 5.97 Å². The summed E-state index contributed by atoms with van der Waals surface area (Å²) in [6.07, 6.45) is 1.69. The number of aromatic nitrogens is 5. The molecule has 12 heteroatoms. The summed E-state index contributed by atoms with van der Waals surface area (Å²) < 4.78 is 5.46. The number of hydrogen-bond acceptors (Lipinski definition) is 9. The number of carboxylic acids is 1. The summed E-state index contributed by atoms with van der Waals surface area (Å²) in [4.78, 5) is 21.5. The van der Waals surface area contributed by atoms with E-state index >= 15 is 0 Å². The van der Waals surface area contributed by atoms with Crippen LogP contribution < -0.4 is 14.5 Å². The summed E-state index contributed by atoms with van der Waals surface area (Å²) in [6.45, 7) is 2.87. The predicted molar refractivity (Wildman–Crippen MR) is 109 cm³/mol. The number of rotatable bonds is 6. The van der Waals surface area contributed by atoms with Crippen LogP contribution in [-0.4, -0.2) is 69.6 Å². The van der Waals surface area contributed by atoms with Gasteiger partial charge in [-0.2, -0.15) is 4.80 Å². The Balaban J connectivity index is 1.43. The normalized spacial score (nSPS) is 14.3. The van der Waals surface area contributed by atoms with Gasteiger partial charge in [0.25, 0.3) is 0 Å². The number of anilines is 2. The second kappa shape index (κ2) is 8.21. The number of ether oxygens (including phenoxy) is 1. The summed E-state index contributed by atoms with van der Waals surface area (Å²) in [6, 6.07) is 5.61. The highest BCUT2D eigenvalue weighted by molar-refractivity contribution is 7.18. The molecule has 1 aromatic carbocycles. The van der Waals surface area contributed by atoms with E-state index in [0.29, 0.717) is 10.8 Å². The van der Waals surface area contributed by atoms with Crippen molar-refractivity contribution in [3.05, 3.63) is 29.4 Å². The molecule has 1 aliphatic heterocycles. The maximum absolute atomic E-state index is 10.7. The van der Waals surface area contributed by atoms with Crippen LogP contribution in [0.25, 0.3) is 10.7 Å². The molecule has 0 spiro atoms. The summed E-state index contributed by atoms with van der Waals surface area (Å²) in [5, 5.41) is 22.1. The highest BCUT2D eigenvalue weighted by atomic mass is 35.5. The van der Waals surface area contributed by atoms with Gasteiger partial charge in [0, 0.05) is 31.2 Å². The van der Waals surface area contributed by atoms with Crippen LogP contribution in [0.4, 0.5) is 10.8 Å². The molecule has 1 N–H and O–H groups in total. The van der Waals surface area contributed by atoms with Gasteiger partial charge in [-0.1, -0.05) is 22.9 Å². The molecule has 2 aromatic heterocycles. The number of tetrazole rings is 1. The fourth-order valence-electron chi connectivity index (χ4n) is 3.09. The van der Waals surface area contributed by atoms with Gasteiger partial charge in [-0.3, -0.25) is 4.79 Å². The topological polar surface area (TPSA) is 110 Å². The van der Waals surface area contributed by atoms with Crippen molar-refractivity contribution in [2.24, 2.45) is 0 Å². The van der Waals surface area contributed by atoms with Gasteiger partial charge in [-0.15, -0.1) is 10.2 Å². The van der Waals surface area contributed by atoms with Gasteiger partial charge in [-0.05, 0) is 23.4 Å². The molecule has 3 heterocycles. The van der Waals surface area contributed by atoms with Crippen LogP contribution in [0.5, 0.6) is 5.75 Å². The molecule has 0 amide bonds. The monoisotopic (exact) mass is 435 g/mol. The minimum atomic E-state index is -1.02. The van der Waals surface area contributed by atoms with Crippen LogP contribution in [-0.2, 0) is 11.3 Å². The molecule has 29 heavy (non-hydrogen) atoms. The zero-order chi connectivity index (χ0) is 20.4. The van der Waals surface area contributed by atoms with Crippen LogP contribution in [0, 0.1) is 0 Å². The quantitative estimate of drug-likeness (QED) is 0.620. The van der Waals surface area contributed by atoms with Gasteiger partial charge in [0.15, 0.2) is 11.7 Å². The second-order valence-electron chi connectivity index (χ2n) is 6.33. The fraction of sp³-hybridized carbons (Fsp3) is 0.353. The molecule has 1 aliphatic rings. The predicted octanol–water partition coefficient (Wildman–Crippen LogP) is 1.87. The first kappa shape index (κ1) is 19.4. The molecule has 0 radical (unpaired) electrons. The van der Waals surface area contributed by atoms with Gasteiger partial charge in [0.05, 0.1) is 23.9 Å². The number of halogens is 1. The van der Waals surface area contributed by atoms with Gasteiger partial charge >= 0.3 is 5.97 Å². The van der Waals surface area contributed by atoms with Crippen molar-refractivity contribution in [2.45, 2.75) is 6.54 Å². The van der Waals surface area contributed by atoms with E-state index in [9.17, 15) is 4.79 Å². The zero-order valence-corrected chi connectivity index (χ0v) is 17.1. The Kier molecular flexibility index (Phi) is 5.49. The molecule has 152 valence electrons. The number of carboxylic acid groups (broad SMARTS) is 1. The second-order valence-corrected chi connectivity index (χ2v) is 7.78. The third kappa shape index (κ3) is 4.25. The van der Waals surface area contributed by atoms with E-state index in [0.717, 1.165) is 52.4 Å². The summed E-state index contributed by atoms with van der Waals surface area (Å²) in [5.41, 5.74) is 0.985. The SMILES string of the molecule is COc1ccc(Cl)cc1N1CCN(c2ncc(-c3nnn(CC(=O)O)n3)s2)CC1. The van der Waals surface area contributed by atoms with Crippen molar-refractivity contribution in [3.8, 4) is 16.5 Å². The number of thiazole rings is 1. The first-order valence-electron chi connectivity index (χ1n) is 8.82. The van der Waals surface area contributed by atoms with Crippen LogP contribution in [0.1, 0.15) is 0 Å². The fourth-order valence-corrected chi connectivity index (χ4v) is 4.15. The molecule has 0 bridgehead atoms. The molecular formula is C17H18ClN7O3S.